The monoisotopic (exact) mass is 367 g/mol. The molecule has 0 amide bonds. The Morgan fingerprint density at radius 3 is 2.52 bits per heavy atom. The lowest BCUT2D eigenvalue weighted by molar-refractivity contribution is -0.0595. The highest BCUT2D eigenvalue weighted by Crippen LogP contribution is 2.46. The Morgan fingerprint density at radius 2 is 1.93 bits per heavy atom. The molecule has 2 bridgehead atoms. The van der Waals surface area contributed by atoms with E-state index in [4.69, 9.17) is 4.74 Å². The van der Waals surface area contributed by atoms with E-state index < -0.39 is 5.60 Å². The third-order valence-electron chi connectivity index (χ3n) is 6.40. The van der Waals surface area contributed by atoms with Gasteiger partial charge < -0.3 is 9.84 Å². The van der Waals surface area contributed by atoms with Gasteiger partial charge in [-0.3, -0.25) is 9.58 Å². The van der Waals surface area contributed by atoms with Crippen LogP contribution < -0.4 is 4.74 Å². The number of ether oxygens (including phenoxy) is 1. The Balaban J connectivity index is 1.51. The van der Waals surface area contributed by atoms with Gasteiger partial charge in [-0.2, -0.15) is 5.10 Å². The maximum atomic E-state index is 11.4. The van der Waals surface area contributed by atoms with Crippen LogP contribution in [0.25, 0.3) is 0 Å². The summed E-state index contributed by atoms with van der Waals surface area (Å²) < 4.78 is 7.26. The zero-order chi connectivity index (χ0) is 19.0. The summed E-state index contributed by atoms with van der Waals surface area (Å²) in [6.07, 6.45) is 7.75. The van der Waals surface area contributed by atoms with Crippen molar-refractivity contribution in [2.45, 2.75) is 63.4 Å². The largest absolute Gasteiger partial charge is 0.497 e. The highest BCUT2D eigenvalue weighted by Gasteiger charge is 2.48. The standard InChI is InChI=1S/C22H29N3O2/c1-4-11-25-16(2)17(14-23-25)15-24-19-7-8-20(24)13-22(26,12-19)18-5-9-21(27-3)10-6-18/h4-6,9-10,14,19-20,26H,1,7-8,11-13,15H2,2-3H3. The average Bonchev–Trinajstić information content (AvgIpc) is 3.13. The van der Waals surface area contributed by atoms with Crippen molar-refractivity contribution in [3.63, 3.8) is 0 Å². The number of benzene rings is 1. The van der Waals surface area contributed by atoms with Gasteiger partial charge in [-0.25, -0.2) is 0 Å². The summed E-state index contributed by atoms with van der Waals surface area (Å²) >= 11 is 0. The lowest BCUT2D eigenvalue weighted by Gasteiger charge is -2.44. The van der Waals surface area contributed by atoms with Crippen molar-refractivity contribution in [3.8, 4) is 5.75 Å². The van der Waals surface area contributed by atoms with Crippen molar-refractivity contribution < 1.29 is 9.84 Å². The molecule has 1 aromatic carbocycles. The number of piperidine rings is 1. The molecule has 2 saturated heterocycles. The second-order valence-electron chi connectivity index (χ2n) is 7.95. The van der Waals surface area contributed by atoms with E-state index in [1.165, 1.54) is 11.3 Å². The third-order valence-corrected chi connectivity index (χ3v) is 6.40. The molecule has 27 heavy (non-hydrogen) atoms. The highest BCUT2D eigenvalue weighted by atomic mass is 16.5. The molecule has 144 valence electrons. The smallest absolute Gasteiger partial charge is 0.118 e. The van der Waals surface area contributed by atoms with Crippen LogP contribution in [0, 0.1) is 6.92 Å². The second kappa shape index (κ2) is 7.13. The van der Waals surface area contributed by atoms with Crippen LogP contribution in [0.1, 0.15) is 42.5 Å². The average molecular weight is 367 g/mol. The van der Waals surface area contributed by atoms with Crippen molar-refractivity contribution >= 4 is 0 Å². The summed E-state index contributed by atoms with van der Waals surface area (Å²) in [6.45, 7) is 7.59. The first kappa shape index (κ1) is 18.3. The van der Waals surface area contributed by atoms with Crippen molar-refractivity contribution in [2.24, 2.45) is 0 Å². The fraction of sp³-hybridized carbons (Fsp3) is 0.500. The number of rotatable bonds is 6. The Kier molecular flexibility index (Phi) is 4.82. The first-order valence-electron chi connectivity index (χ1n) is 9.79. The van der Waals surface area contributed by atoms with E-state index in [9.17, 15) is 5.11 Å². The summed E-state index contributed by atoms with van der Waals surface area (Å²) in [7, 11) is 1.67. The first-order valence-corrected chi connectivity index (χ1v) is 9.79. The molecule has 2 aliphatic heterocycles. The number of methoxy groups -OCH3 is 1. The van der Waals surface area contributed by atoms with E-state index in [2.05, 4.69) is 23.5 Å². The van der Waals surface area contributed by atoms with E-state index in [-0.39, 0.29) is 0 Å². The van der Waals surface area contributed by atoms with E-state index >= 15 is 0 Å². The third kappa shape index (κ3) is 3.30. The van der Waals surface area contributed by atoms with Crippen LogP contribution in [0.3, 0.4) is 0 Å². The van der Waals surface area contributed by atoms with E-state index in [0.717, 1.165) is 50.1 Å². The minimum atomic E-state index is -0.739. The number of hydrogen-bond acceptors (Lipinski definition) is 4. The minimum absolute atomic E-state index is 0.415. The molecule has 2 atom stereocenters. The van der Waals surface area contributed by atoms with Crippen molar-refractivity contribution in [1.29, 1.82) is 0 Å². The molecule has 0 spiro atoms. The molecule has 0 saturated carbocycles. The number of hydrogen-bond donors (Lipinski definition) is 1. The number of allylic oxidation sites excluding steroid dienone is 1. The maximum Gasteiger partial charge on any atom is 0.118 e. The molecule has 2 unspecified atom stereocenters. The van der Waals surface area contributed by atoms with Gasteiger partial charge in [-0.1, -0.05) is 18.2 Å². The number of nitrogens with zero attached hydrogens (tertiary/aromatic N) is 3. The summed E-state index contributed by atoms with van der Waals surface area (Å²) in [5, 5.41) is 15.9. The quantitative estimate of drug-likeness (QED) is 0.795. The van der Waals surface area contributed by atoms with Crippen LogP contribution in [0.4, 0.5) is 0 Å². The van der Waals surface area contributed by atoms with E-state index in [1.807, 2.05) is 41.2 Å². The van der Waals surface area contributed by atoms with Crippen molar-refractivity contribution in [3.05, 3.63) is 59.9 Å². The van der Waals surface area contributed by atoms with E-state index in [1.54, 1.807) is 7.11 Å². The van der Waals surface area contributed by atoms with Crippen LogP contribution in [-0.2, 0) is 18.7 Å². The lowest BCUT2D eigenvalue weighted by atomic mass is 9.80. The second-order valence-corrected chi connectivity index (χ2v) is 7.95. The van der Waals surface area contributed by atoms with Gasteiger partial charge in [0.25, 0.3) is 0 Å². The molecular weight excluding hydrogens is 338 g/mol. The van der Waals surface area contributed by atoms with Gasteiger partial charge in [0.1, 0.15) is 5.75 Å². The van der Waals surface area contributed by atoms with Gasteiger partial charge in [0, 0.05) is 29.9 Å². The van der Waals surface area contributed by atoms with Crippen molar-refractivity contribution in [2.75, 3.05) is 7.11 Å². The lowest BCUT2D eigenvalue weighted by Crippen LogP contribution is -2.49. The molecule has 2 aliphatic rings. The summed E-state index contributed by atoms with van der Waals surface area (Å²) in [5.74, 6) is 0.828. The predicted molar refractivity (Wildman–Crippen MR) is 106 cm³/mol. The summed E-state index contributed by atoms with van der Waals surface area (Å²) in [5.41, 5.74) is 2.76. The summed E-state index contributed by atoms with van der Waals surface area (Å²) in [4.78, 5) is 2.58. The topological polar surface area (TPSA) is 50.5 Å². The highest BCUT2D eigenvalue weighted by molar-refractivity contribution is 5.32. The van der Waals surface area contributed by atoms with Crippen molar-refractivity contribution in [1.82, 2.24) is 14.7 Å². The Hall–Kier alpha value is -2.11. The number of fused-ring (bicyclic) bond motifs is 2. The maximum absolute atomic E-state index is 11.4. The van der Waals surface area contributed by atoms with Gasteiger partial charge >= 0.3 is 0 Å². The number of aliphatic hydroxyl groups is 1. The predicted octanol–water partition coefficient (Wildman–Crippen LogP) is 3.40. The Morgan fingerprint density at radius 1 is 1.26 bits per heavy atom. The molecule has 1 N–H and O–H groups in total. The molecule has 2 aromatic rings. The summed E-state index contributed by atoms with van der Waals surface area (Å²) in [6, 6.07) is 8.74. The fourth-order valence-corrected chi connectivity index (χ4v) is 4.85. The van der Waals surface area contributed by atoms with Gasteiger partial charge in [-0.15, -0.1) is 6.58 Å². The van der Waals surface area contributed by atoms with Gasteiger partial charge in [0.15, 0.2) is 0 Å². The van der Waals surface area contributed by atoms with Gasteiger partial charge in [0.05, 0.1) is 25.5 Å². The Labute approximate surface area is 161 Å². The van der Waals surface area contributed by atoms with E-state index in [0.29, 0.717) is 12.1 Å². The van der Waals surface area contributed by atoms with Crippen LogP contribution in [0.2, 0.25) is 0 Å². The Bertz CT molecular complexity index is 797. The molecule has 0 radical (unpaired) electrons. The van der Waals surface area contributed by atoms with Gasteiger partial charge in [-0.05, 0) is 50.3 Å². The molecule has 1 aromatic heterocycles. The fourth-order valence-electron chi connectivity index (χ4n) is 4.85. The van der Waals surface area contributed by atoms with Crippen LogP contribution in [0.15, 0.2) is 43.1 Å². The molecule has 4 rings (SSSR count). The molecule has 0 aliphatic carbocycles. The number of aromatic nitrogens is 2. The molecular formula is C22H29N3O2. The molecule has 3 heterocycles. The van der Waals surface area contributed by atoms with Crippen LogP contribution in [-0.4, -0.2) is 39.0 Å². The first-order chi connectivity index (χ1) is 13.0. The molecule has 2 fully saturated rings. The molecule has 5 heteroatoms. The van der Waals surface area contributed by atoms with Gasteiger partial charge in [0.2, 0.25) is 0 Å². The zero-order valence-corrected chi connectivity index (χ0v) is 16.3. The van der Waals surface area contributed by atoms with Crippen LogP contribution in [0.5, 0.6) is 5.75 Å². The zero-order valence-electron chi connectivity index (χ0n) is 16.3. The SMILES string of the molecule is C=CCn1ncc(CN2C3CCC2CC(O)(c2ccc(OC)cc2)C3)c1C. The minimum Gasteiger partial charge on any atom is -0.497 e. The molecule has 5 nitrogen and oxygen atoms in total. The van der Waals surface area contributed by atoms with Crippen LogP contribution >= 0.6 is 0 Å². The normalized spacial score (nSPS) is 27.7.